The van der Waals surface area contributed by atoms with Gasteiger partial charge in [-0.3, -0.25) is 4.98 Å². The van der Waals surface area contributed by atoms with Gasteiger partial charge in [-0.1, -0.05) is 17.7 Å². The summed E-state index contributed by atoms with van der Waals surface area (Å²) in [5.41, 5.74) is 0.585. The van der Waals surface area contributed by atoms with Crippen LogP contribution in [-0.4, -0.2) is 24.6 Å². The molecule has 1 unspecified atom stereocenters. The molecule has 1 aromatic heterocycles. The minimum atomic E-state index is -3.58. The average molecular weight is 330 g/mol. The van der Waals surface area contributed by atoms with E-state index in [0.29, 0.717) is 11.4 Å². The van der Waals surface area contributed by atoms with Crippen LogP contribution < -0.4 is 5.32 Å². The molecule has 2 rings (SSSR count). The largest absolute Gasteiger partial charge is 0.362 e. The van der Waals surface area contributed by atoms with Gasteiger partial charge in [0.25, 0.3) is 0 Å². The van der Waals surface area contributed by atoms with Gasteiger partial charge in [0.2, 0.25) is 0 Å². The second kappa shape index (κ2) is 5.95. The van der Waals surface area contributed by atoms with Crippen LogP contribution in [0.1, 0.15) is 18.5 Å². The zero-order valence-electron chi connectivity index (χ0n) is 11.3. The van der Waals surface area contributed by atoms with E-state index in [0.717, 1.165) is 6.26 Å². The summed E-state index contributed by atoms with van der Waals surface area (Å²) in [6.07, 6.45) is 3.86. The summed E-state index contributed by atoms with van der Waals surface area (Å²) in [6, 6.07) is 3.70. The molecule has 0 spiro atoms. The number of hydrogen-bond acceptors (Lipinski definition) is 5. The van der Waals surface area contributed by atoms with Crippen LogP contribution in [0.15, 0.2) is 35.5 Å². The Bertz CT molecular complexity index is 768. The van der Waals surface area contributed by atoms with E-state index >= 15 is 0 Å². The van der Waals surface area contributed by atoms with Gasteiger partial charge in [-0.05, 0) is 24.6 Å². The van der Waals surface area contributed by atoms with Crippen molar-refractivity contribution in [2.45, 2.75) is 17.9 Å². The standard InChI is InChI=1S/C13H13ClFN3O2S/c1-8(17-13-7-16-6-12(14)18-13)9-3-4-11(10(15)5-9)21(2,19)20/h3-8H,1-2H3,(H,17,18). The number of nitrogens with one attached hydrogen (secondary N) is 1. The van der Waals surface area contributed by atoms with Gasteiger partial charge in [-0.2, -0.15) is 0 Å². The van der Waals surface area contributed by atoms with Gasteiger partial charge in [0.15, 0.2) is 9.84 Å². The molecule has 2 aromatic rings. The summed E-state index contributed by atoms with van der Waals surface area (Å²) in [5.74, 6) is -0.330. The fraction of sp³-hybridized carbons (Fsp3) is 0.231. The SMILES string of the molecule is CC(Nc1cncc(Cl)n1)c1ccc(S(C)(=O)=O)c(F)c1. The lowest BCUT2D eigenvalue weighted by atomic mass is 10.1. The van der Waals surface area contributed by atoms with E-state index in [1.165, 1.54) is 24.5 Å². The predicted molar refractivity (Wildman–Crippen MR) is 78.6 cm³/mol. The van der Waals surface area contributed by atoms with Crippen LogP contribution in [0.3, 0.4) is 0 Å². The summed E-state index contributed by atoms with van der Waals surface area (Å²) in [4.78, 5) is 7.59. The molecule has 112 valence electrons. The number of anilines is 1. The minimum Gasteiger partial charge on any atom is -0.362 e. The molecule has 8 heteroatoms. The highest BCUT2D eigenvalue weighted by molar-refractivity contribution is 7.90. The van der Waals surface area contributed by atoms with Crippen LogP contribution in [0.25, 0.3) is 0 Å². The lowest BCUT2D eigenvalue weighted by Gasteiger charge is -2.15. The minimum absolute atomic E-state index is 0.241. The number of rotatable bonds is 4. The molecule has 5 nitrogen and oxygen atoms in total. The van der Waals surface area contributed by atoms with Gasteiger partial charge in [-0.25, -0.2) is 17.8 Å². The topological polar surface area (TPSA) is 72.0 Å². The monoisotopic (exact) mass is 329 g/mol. The molecule has 0 bridgehead atoms. The Labute approximate surface area is 127 Å². The second-order valence-corrected chi connectivity index (χ2v) is 6.93. The van der Waals surface area contributed by atoms with Crippen molar-refractivity contribution in [2.75, 3.05) is 11.6 Å². The Morgan fingerprint density at radius 3 is 2.62 bits per heavy atom. The number of sulfone groups is 1. The Morgan fingerprint density at radius 2 is 2.05 bits per heavy atom. The second-order valence-electron chi connectivity index (χ2n) is 4.56. The summed E-state index contributed by atoms with van der Waals surface area (Å²) in [5, 5.41) is 3.25. The van der Waals surface area contributed by atoms with Crippen molar-refractivity contribution >= 4 is 27.3 Å². The molecule has 0 saturated carbocycles. The van der Waals surface area contributed by atoms with E-state index < -0.39 is 15.7 Å². The third-order valence-corrected chi connectivity index (χ3v) is 4.14. The molecule has 1 aromatic carbocycles. The highest BCUT2D eigenvalue weighted by atomic mass is 35.5. The van der Waals surface area contributed by atoms with Gasteiger partial charge in [0.1, 0.15) is 21.7 Å². The van der Waals surface area contributed by atoms with Crippen LogP contribution in [0.5, 0.6) is 0 Å². The fourth-order valence-electron chi connectivity index (χ4n) is 1.80. The van der Waals surface area contributed by atoms with Gasteiger partial charge in [0.05, 0.1) is 18.4 Å². The Morgan fingerprint density at radius 1 is 1.33 bits per heavy atom. The maximum Gasteiger partial charge on any atom is 0.178 e. The highest BCUT2D eigenvalue weighted by Crippen LogP contribution is 2.22. The molecular weight excluding hydrogens is 317 g/mol. The van der Waals surface area contributed by atoms with Crippen molar-refractivity contribution < 1.29 is 12.8 Å². The fourth-order valence-corrected chi connectivity index (χ4v) is 2.68. The number of nitrogens with zero attached hydrogens (tertiary/aromatic N) is 2. The molecule has 21 heavy (non-hydrogen) atoms. The van der Waals surface area contributed by atoms with Crippen molar-refractivity contribution in [1.29, 1.82) is 0 Å². The van der Waals surface area contributed by atoms with Crippen molar-refractivity contribution in [3.05, 3.63) is 47.1 Å². The Balaban J connectivity index is 2.24. The lowest BCUT2D eigenvalue weighted by molar-refractivity contribution is 0.568. The molecule has 0 aliphatic rings. The molecule has 0 fully saturated rings. The van der Waals surface area contributed by atoms with E-state index in [1.54, 1.807) is 13.0 Å². The van der Waals surface area contributed by atoms with Crippen molar-refractivity contribution in [2.24, 2.45) is 0 Å². The van der Waals surface area contributed by atoms with E-state index in [4.69, 9.17) is 11.6 Å². The van der Waals surface area contributed by atoms with E-state index in [-0.39, 0.29) is 16.1 Å². The van der Waals surface area contributed by atoms with Crippen LogP contribution in [0.4, 0.5) is 10.2 Å². The molecule has 1 atom stereocenters. The number of aromatic nitrogens is 2. The van der Waals surface area contributed by atoms with Gasteiger partial charge in [0, 0.05) is 6.26 Å². The van der Waals surface area contributed by atoms with E-state index in [9.17, 15) is 12.8 Å². The first-order valence-corrected chi connectivity index (χ1v) is 8.28. The molecular formula is C13H13ClFN3O2S. The van der Waals surface area contributed by atoms with Gasteiger partial charge in [-0.15, -0.1) is 0 Å². The molecule has 0 radical (unpaired) electrons. The number of benzene rings is 1. The maximum atomic E-state index is 13.9. The Hall–Kier alpha value is -1.73. The van der Waals surface area contributed by atoms with Crippen LogP contribution in [0.2, 0.25) is 5.15 Å². The first-order valence-electron chi connectivity index (χ1n) is 6.01. The highest BCUT2D eigenvalue weighted by Gasteiger charge is 2.16. The van der Waals surface area contributed by atoms with Gasteiger partial charge < -0.3 is 5.32 Å². The number of halogens is 2. The molecule has 1 heterocycles. The van der Waals surface area contributed by atoms with Gasteiger partial charge >= 0.3 is 0 Å². The first kappa shape index (κ1) is 15.7. The lowest BCUT2D eigenvalue weighted by Crippen LogP contribution is -2.10. The Kier molecular flexibility index (Phi) is 4.43. The predicted octanol–water partition coefficient (Wildman–Crippen LogP) is 2.85. The first-order chi connectivity index (χ1) is 9.77. The smallest absolute Gasteiger partial charge is 0.178 e. The van der Waals surface area contributed by atoms with Crippen LogP contribution in [-0.2, 0) is 9.84 Å². The zero-order chi connectivity index (χ0) is 15.6. The van der Waals surface area contributed by atoms with E-state index in [1.807, 2.05) is 0 Å². The number of hydrogen-bond donors (Lipinski definition) is 1. The molecule has 0 saturated heterocycles. The third kappa shape index (κ3) is 3.89. The molecule has 0 aliphatic heterocycles. The van der Waals surface area contributed by atoms with Crippen molar-refractivity contribution in [3.8, 4) is 0 Å². The average Bonchev–Trinajstić information content (AvgIpc) is 2.37. The normalized spacial score (nSPS) is 13.0. The quantitative estimate of drug-likeness (QED) is 0.933. The summed E-state index contributed by atoms with van der Waals surface area (Å²) in [7, 11) is -3.58. The third-order valence-electron chi connectivity index (χ3n) is 2.82. The summed E-state index contributed by atoms with van der Waals surface area (Å²) >= 11 is 5.73. The van der Waals surface area contributed by atoms with Crippen LogP contribution in [0, 0.1) is 5.82 Å². The maximum absolute atomic E-state index is 13.9. The molecule has 0 aliphatic carbocycles. The van der Waals surface area contributed by atoms with Crippen molar-refractivity contribution in [3.63, 3.8) is 0 Å². The molecule has 0 amide bonds. The molecule has 1 N–H and O–H groups in total. The van der Waals surface area contributed by atoms with Crippen LogP contribution >= 0.6 is 11.6 Å². The summed E-state index contributed by atoms with van der Waals surface area (Å²) < 4.78 is 36.6. The summed E-state index contributed by atoms with van der Waals surface area (Å²) in [6.45, 7) is 1.79. The zero-order valence-corrected chi connectivity index (χ0v) is 12.9. The van der Waals surface area contributed by atoms with Crippen molar-refractivity contribution in [1.82, 2.24) is 9.97 Å². The van der Waals surface area contributed by atoms with E-state index in [2.05, 4.69) is 15.3 Å².